The number of nitrogens with zero attached hydrogens (tertiary/aromatic N) is 3. The molecule has 84 valence electrons. The average molecular weight is 225 g/mol. The summed E-state index contributed by atoms with van der Waals surface area (Å²) in [6.45, 7) is 0. The van der Waals surface area contributed by atoms with Crippen LogP contribution in [0.3, 0.4) is 0 Å². The molecule has 0 fully saturated rings. The zero-order valence-electron chi connectivity index (χ0n) is 9.31. The molecule has 0 saturated carbocycles. The number of rotatable bonds is 2. The molecule has 3 rings (SSSR count). The fourth-order valence-corrected chi connectivity index (χ4v) is 1.74. The molecule has 2 aromatic heterocycles. The Balaban J connectivity index is 2.12. The van der Waals surface area contributed by atoms with Crippen LogP contribution in [0.15, 0.2) is 36.7 Å². The molecule has 0 spiro atoms. The van der Waals surface area contributed by atoms with Crippen molar-refractivity contribution in [2.45, 2.75) is 0 Å². The van der Waals surface area contributed by atoms with Crippen LogP contribution in [0, 0.1) is 0 Å². The van der Waals surface area contributed by atoms with Crippen LogP contribution in [-0.4, -0.2) is 27.2 Å². The molecule has 0 aliphatic rings. The number of aromatic amines is 1. The first-order valence-corrected chi connectivity index (χ1v) is 5.31. The zero-order chi connectivity index (χ0) is 11.7. The zero-order valence-corrected chi connectivity index (χ0v) is 9.31. The molecule has 0 aliphatic heterocycles. The quantitative estimate of drug-likeness (QED) is 0.700. The summed E-state index contributed by atoms with van der Waals surface area (Å²) in [5.41, 5.74) is 2.94. The minimum atomic E-state index is 0.618. The number of anilines is 1. The Bertz CT molecular complexity index is 659. The molecule has 2 N–H and O–H groups in total. The van der Waals surface area contributed by atoms with Crippen molar-refractivity contribution >= 4 is 16.9 Å². The Morgan fingerprint density at radius 2 is 2.18 bits per heavy atom. The van der Waals surface area contributed by atoms with Gasteiger partial charge in [0, 0.05) is 24.2 Å². The maximum Gasteiger partial charge on any atom is 0.222 e. The van der Waals surface area contributed by atoms with E-state index in [1.54, 1.807) is 19.4 Å². The highest BCUT2D eigenvalue weighted by molar-refractivity contribution is 5.83. The van der Waals surface area contributed by atoms with E-state index in [4.69, 9.17) is 0 Å². The monoisotopic (exact) mass is 225 g/mol. The maximum absolute atomic E-state index is 4.40. The van der Waals surface area contributed by atoms with Gasteiger partial charge in [0.05, 0.1) is 17.4 Å². The Morgan fingerprint density at radius 3 is 3.06 bits per heavy atom. The van der Waals surface area contributed by atoms with E-state index in [2.05, 4.69) is 25.5 Å². The number of hydrogen-bond donors (Lipinski definition) is 2. The first kappa shape index (κ1) is 9.77. The molecule has 0 bridgehead atoms. The lowest BCUT2D eigenvalue weighted by Crippen LogP contribution is -1.96. The van der Waals surface area contributed by atoms with Gasteiger partial charge in [0.2, 0.25) is 5.95 Å². The van der Waals surface area contributed by atoms with Gasteiger partial charge in [-0.2, -0.15) is 5.10 Å². The molecule has 0 amide bonds. The van der Waals surface area contributed by atoms with Gasteiger partial charge in [-0.3, -0.25) is 5.10 Å². The van der Waals surface area contributed by atoms with Crippen LogP contribution in [0.25, 0.3) is 22.2 Å². The molecule has 0 radical (unpaired) electrons. The van der Waals surface area contributed by atoms with Crippen molar-refractivity contribution in [3.8, 4) is 11.3 Å². The highest BCUT2D eigenvalue weighted by Crippen LogP contribution is 2.21. The van der Waals surface area contributed by atoms with E-state index in [-0.39, 0.29) is 0 Å². The second kappa shape index (κ2) is 3.86. The van der Waals surface area contributed by atoms with Crippen LogP contribution in [0.4, 0.5) is 5.95 Å². The van der Waals surface area contributed by atoms with Crippen molar-refractivity contribution in [1.29, 1.82) is 0 Å². The van der Waals surface area contributed by atoms with Gasteiger partial charge < -0.3 is 5.32 Å². The second-order valence-corrected chi connectivity index (χ2v) is 3.69. The first-order valence-electron chi connectivity index (χ1n) is 5.31. The minimum absolute atomic E-state index is 0.618. The van der Waals surface area contributed by atoms with E-state index in [1.165, 1.54) is 0 Å². The van der Waals surface area contributed by atoms with E-state index < -0.39 is 0 Å². The van der Waals surface area contributed by atoms with Crippen LogP contribution in [0.5, 0.6) is 0 Å². The summed E-state index contributed by atoms with van der Waals surface area (Å²) in [4.78, 5) is 8.49. The number of aromatic nitrogens is 4. The van der Waals surface area contributed by atoms with Crippen molar-refractivity contribution in [2.75, 3.05) is 12.4 Å². The summed E-state index contributed by atoms with van der Waals surface area (Å²) in [6, 6.07) is 7.97. The van der Waals surface area contributed by atoms with E-state index >= 15 is 0 Å². The van der Waals surface area contributed by atoms with Gasteiger partial charge in [0.1, 0.15) is 0 Å². The molecule has 0 unspecified atom stereocenters. The van der Waals surface area contributed by atoms with E-state index in [1.807, 2.05) is 24.3 Å². The molecule has 0 atom stereocenters. The number of benzene rings is 1. The van der Waals surface area contributed by atoms with Gasteiger partial charge in [0.15, 0.2) is 0 Å². The topological polar surface area (TPSA) is 66.5 Å². The molecule has 0 aliphatic carbocycles. The van der Waals surface area contributed by atoms with Gasteiger partial charge >= 0.3 is 0 Å². The smallest absolute Gasteiger partial charge is 0.222 e. The summed E-state index contributed by atoms with van der Waals surface area (Å²) in [5, 5.41) is 11.0. The predicted octanol–water partition coefficient (Wildman–Crippen LogP) is 2.06. The third-order valence-corrected chi connectivity index (χ3v) is 2.62. The van der Waals surface area contributed by atoms with Crippen LogP contribution in [-0.2, 0) is 0 Å². The third kappa shape index (κ3) is 1.71. The van der Waals surface area contributed by atoms with Gasteiger partial charge in [-0.15, -0.1) is 0 Å². The molecule has 2 heterocycles. The SMILES string of the molecule is CNc1nccc(-c2ccc3cn[nH]c3c2)n1. The van der Waals surface area contributed by atoms with Crippen molar-refractivity contribution in [3.05, 3.63) is 36.7 Å². The number of hydrogen-bond acceptors (Lipinski definition) is 4. The van der Waals surface area contributed by atoms with Crippen molar-refractivity contribution in [1.82, 2.24) is 20.2 Å². The third-order valence-electron chi connectivity index (χ3n) is 2.62. The second-order valence-electron chi connectivity index (χ2n) is 3.69. The first-order chi connectivity index (χ1) is 8.36. The highest BCUT2D eigenvalue weighted by Gasteiger charge is 2.03. The summed E-state index contributed by atoms with van der Waals surface area (Å²) in [7, 11) is 1.80. The number of fused-ring (bicyclic) bond motifs is 1. The Labute approximate surface area is 97.9 Å². The van der Waals surface area contributed by atoms with E-state index in [9.17, 15) is 0 Å². The van der Waals surface area contributed by atoms with Crippen LogP contribution >= 0.6 is 0 Å². The molecule has 5 heteroatoms. The fourth-order valence-electron chi connectivity index (χ4n) is 1.74. The Morgan fingerprint density at radius 1 is 1.24 bits per heavy atom. The van der Waals surface area contributed by atoms with Crippen LogP contribution < -0.4 is 5.32 Å². The Hall–Kier alpha value is -2.43. The molecular weight excluding hydrogens is 214 g/mol. The van der Waals surface area contributed by atoms with Gasteiger partial charge in [-0.1, -0.05) is 12.1 Å². The normalized spacial score (nSPS) is 10.6. The minimum Gasteiger partial charge on any atom is -0.357 e. The molecular formula is C12H11N5. The van der Waals surface area contributed by atoms with Crippen molar-refractivity contribution < 1.29 is 0 Å². The van der Waals surface area contributed by atoms with Gasteiger partial charge in [-0.05, 0) is 12.1 Å². The standard InChI is InChI=1S/C12H11N5/c1-13-12-14-5-4-10(16-12)8-2-3-9-7-15-17-11(9)6-8/h2-7H,1H3,(H,15,17)(H,13,14,16). The molecule has 17 heavy (non-hydrogen) atoms. The lowest BCUT2D eigenvalue weighted by atomic mass is 10.1. The van der Waals surface area contributed by atoms with Gasteiger partial charge in [0.25, 0.3) is 0 Å². The summed E-state index contributed by atoms with van der Waals surface area (Å²) in [6.07, 6.45) is 3.55. The van der Waals surface area contributed by atoms with Crippen molar-refractivity contribution in [3.63, 3.8) is 0 Å². The fraction of sp³-hybridized carbons (Fsp3) is 0.0833. The lowest BCUT2D eigenvalue weighted by Gasteiger charge is -2.03. The van der Waals surface area contributed by atoms with Crippen LogP contribution in [0.2, 0.25) is 0 Å². The summed E-state index contributed by atoms with van der Waals surface area (Å²) >= 11 is 0. The molecule has 0 saturated heterocycles. The maximum atomic E-state index is 4.40. The van der Waals surface area contributed by atoms with Crippen LogP contribution in [0.1, 0.15) is 0 Å². The molecule has 3 aromatic rings. The highest BCUT2D eigenvalue weighted by atomic mass is 15.1. The summed E-state index contributed by atoms with van der Waals surface area (Å²) in [5.74, 6) is 0.618. The molecule has 5 nitrogen and oxygen atoms in total. The predicted molar refractivity (Wildman–Crippen MR) is 66.7 cm³/mol. The number of H-pyrrole nitrogens is 1. The van der Waals surface area contributed by atoms with Crippen molar-refractivity contribution in [2.24, 2.45) is 0 Å². The van der Waals surface area contributed by atoms with E-state index in [0.29, 0.717) is 5.95 Å². The Kier molecular flexibility index (Phi) is 2.22. The largest absolute Gasteiger partial charge is 0.357 e. The lowest BCUT2D eigenvalue weighted by molar-refractivity contribution is 1.12. The average Bonchev–Trinajstić information content (AvgIpc) is 2.86. The van der Waals surface area contributed by atoms with E-state index in [0.717, 1.165) is 22.2 Å². The number of nitrogens with one attached hydrogen (secondary N) is 2. The van der Waals surface area contributed by atoms with Gasteiger partial charge in [-0.25, -0.2) is 9.97 Å². The molecule has 1 aromatic carbocycles. The summed E-state index contributed by atoms with van der Waals surface area (Å²) < 4.78 is 0.